The van der Waals surface area contributed by atoms with Crippen LogP contribution in [0.15, 0.2) is 12.1 Å². The van der Waals surface area contributed by atoms with Crippen molar-refractivity contribution in [3.05, 3.63) is 28.8 Å². The van der Waals surface area contributed by atoms with Crippen molar-refractivity contribution < 1.29 is 19.4 Å². The van der Waals surface area contributed by atoms with E-state index in [1.54, 1.807) is 4.90 Å². The second kappa shape index (κ2) is 5.63. The van der Waals surface area contributed by atoms with Gasteiger partial charge in [-0.25, -0.2) is 0 Å². The molecule has 5 heteroatoms. The molecule has 0 aliphatic carbocycles. The Morgan fingerprint density at radius 1 is 1.32 bits per heavy atom. The van der Waals surface area contributed by atoms with Gasteiger partial charge in [0.2, 0.25) is 5.91 Å². The molecule has 0 bridgehead atoms. The molecule has 2 aliphatic rings. The molecule has 22 heavy (non-hydrogen) atoms. The third-order valence-electron chi connectivity index (χ3n) is 4.78. The summed E-state index contributed by atoms with van der Waals surface area (Å²) in [5, 5.41) is 9.00. The van der Waals surface area contributed by atoms with Crippen molar-refractivity contribution in [3.63, 3.8) is 0 Å². The summed E-state index contributed by atoms with van der Waals surface area (Å²) in [6.07, 6.45) is 1.67. The Hall–Kier alpha value is -2.04. The lowest BCUT2D eigenvalue weighted by Gasteiger charge is -2.26. The Bertz CT molecular complexity index is 625. The van der Waals surface area contributed by atoms with E-state index in [1.165, 1.54) is 0 Å². The van der Waals surface area contributed by atoms with Gasteiger partial charge < -0.3 is 14.7 Å². The van der Waals surface area contributed by atoms with E-state index in [0.717, 1.165) is 35.3 Å². The molecule has 2 heterocycles. The van der Waals surface area contributed by atoms with E-state index >= 15 is 0 Å². The quantitative estimate of drug-likeness (QED) is 0.930. The van der Waals surface area contributed by atoms with Crippen LogP contribution in [0, 0.1) is 13.8 Å². The number of carbonyl (C=O) groups excluding carboxylic acids is 1. The highest BCUT2D eigenvalue weighted by atomic mass is 16.5. The highest BCUT2D eigenvalue weighted by Crippen LogP contribution is 2.38. The van der Waals surface area contributed by atoms with E-state index in [0.29, 0.717) is 13.2 Å². The number of aliphatic carboxylic acids is 1. The zero-order valence-electron chi connectivity index (χ0n) is 13.0. The lowest BCUT2D eigenvalue weighted by Crippen LogP contribution is -2.40. The van der Waals surface area contributed by atoms with Gasteiger partial charge >= 0.3 is 5.97 Å². The first-order valence-corrected chi connectivity index (χ1v) is 7.73. The second-order valence-corrected chi connectivity index (χ2v) is 6.26. The molecule has 0 spiro atoms. The zero-order chi connectivity index (χ0) is 15.9. The fourth-order valence-corrected chi connectivity index (χ4v) is 3.42. The van der Waals surface area contributed by atoms with E-state index in [1.807, 2.05) is 26.0 Å². The van der Waals surface area contributed by atoms with Crippen LogP contribution < -0.4 is 4.74 Å². The summed E-state index contributed by atoms with van der Waals surface area (Å²) >= 11 is 0. The first kappa shape index (κ1) is 14.9. The number of carbonyl (C=O) groups is 2. The van der Waals surface area contributed by atoms with Crippen LogP contribution in [0.5, 0.6) is 5.75 Å². The molecule has 1 aromatic carbocycles. The van der Waals surface area contributed by atoms with Gasteiger partial charge in [0.1, 0.15) is 18.3 Å². The van der Waals surface area contributed by atoms with Gasteiger partial charge in [-0.05, 0) is 43.9 Å². The van der Waals surface area contributed by atoms with Gasteiger partial charge in [0.15, 0.2) is 0 Å². The Balaban J connectivity index is 1.83. The van der Waals surface area contributed by atoms with E-state index in [9.17, 15) is 9.59 Å². The first-order valence-electron chi connectivity index (χ1n) is 7.73. The summed E-state index contributed by atoms with van der Waals surface area (Å²) in [6.45, 7) is 5.05. The smallest absolute Gasteiger partial charge is 0.305 e. The summed E-state index contributed by atoms with van der Waals surface area (Å²) < 4.78 is 5.68. The Labute approximate surface area is 129 Å². The lowest BCUT2D eigenvalue weighted by atomic mass is 9.95. The molecule has 0 aromatic heterocycles. The number of ether oxygens (including phenoxy) is 1. The van der Waals surface area contributed by atoms with Gasteiger partial charge in [0.05, 0.1) is 6.42 Å². The van der Waals surface area contributed by atoms with Crippen LogP contribution in [0.4, 0.5) is 0 Å². The van der Waals surface area contributed by atoms with Crippen molar-refractivity contribution in [1.29, 1.82) is 0 Å². The van der Waals surface area contributed by atoms with Crippen molar-refractivity contribution >= 4 is 11.9 Å². The highest BCUT2D eigenvalue weighted by Gasteiger charge is 2.38. The molecule has 2 atom stereocenters. The van der Waals surface area contributed by atoms with Crippen molar-refractivity contribution in [2.24, 2.45) is 0 Å². The molecule has 0 radical (unpaired) electrons. The van der Waals surface area contributed by atoms with E-state index in [-0.39, 0.29) is 24.3 Å². The van der Waals surface area contributed by atoms with Crippen LogP contribution in [0.2, 0.25) is 0 Å². The number of hydrogen-bond donors (Lipinski definition) is 1. The lowest BCUT2D eigenvalue weighted by molar-refractivity contribution is -0.140. The maximum Gasteiger partial charge on any atom is 0.305 e. The molecular formula is C17H21NO4. The number of amides is 1. The number of likely N-dealkylation sites (tertiary alicyclic amines) is 1. The maximum absolute atomic E-state index is 12.9. The van der Waals surface area contributed by atoms with Crippen molar-refractivity contribution in [3.8, 4) is 5.75 Å². The van der Waals surface area contributed by atoms with Crippen molar-refractivity contribution in [2.75, 3.05) is 13.2 Å². The average molecular weight is 303 g/mol. The third kappa shape index (κ3) is 2.56. The summed E-state index contributed by atoms with van der Waals surface area (Å²) in [7, 11) is 0. The summed E-state index contributed by atoms with van der Waals surface area (Å²) in [5.41, 5.74) is 3.23. The first-order chi connectivity index (χ1) is 10.5. The summed E-state index contributed by atoms with van der Waals surface area (Å²) in [6, 6.07) is 3.83. The zero-order valence-corrected chi connectivity index (χ0v) is 13.0. The van der Waals surface area contributed by atoms with Gasteiger partial charge in [-0.1, -0.05) is 6.07 Å². The number of benzene rings is 1. The molecule has 1 fully saturated rings. The van der Waals surface area contributed by atoms with E-state index < -0.39 is 5.97 Å². The minimum absolute atomic E-state index is 0.00533. The Kier molecular flexibility index (Phi) is 3.81. The molecule has 1 N–H and O–H groups in total. The molecule has 1 amide bonds. The van der Waals surface area contributed by atoms with Crippen LogP contribution in [0.1, 0.15) is 41.9 Å². The number of carboxylic acids is 1. The standard InChI is InChI=1S/C17H21NO4/c1-10-6-13-14(9-22-15(13)7-11(10)2)17(21)18-5-3-4-12(18)8-16(19)20/h6-7,12,14H,3-5,8-9H2,1-2H3,(H,19,20). The predicted molar refractivity (Wildman–Crippen MR) is 81.1 cm³/mol. The predicted octanol–water partition coefficient (Wildman–Crippen LogP) is 2.25. The normalized spacial score (nSPS) is 23.3. The second-order valence-electron chi connectivity index (χ2n) is 6.26. The van der Waals surface area contributed by atoms with Crippen molar-refractivity contribution in [2.45, 2.75) is 45.1 Å². The molecule has 0 saturated carbocycles. The Morgan fingerprint density at radius 2 is 2.05 bits per heavy atom. The van der Waals surface area contributed by atoms with Gasteiger partial charge in [-0.15, -0.1) is 0 Å². The van der Waals surface area contributed by atoms with Crippen LogP contribution in [0.25, 0.3) is 0 Å². The molecule has 2 unspecified atom stereocenters. The van der Waals surface area contributed by atoms with Gasteiger partial charge in [-0.2, -0.15) is 0 Å². The van der Waals surface area contributed by atoms with Crippen LogP contribution in [0.3, 0.4) is 0 Å². The molecular weight excluding hydrogens is 282 g/mol. The number of aryl methyl sites for hydroxylation is 2. The molecule has 1 saturated heterocycles. The monoisotopic (exact) mass is 303 g/mol. The fraction of sp³-hybridized carbons (Fsp3) is 0.529. The van der Waals surface area contributed by atoms with E-state index in [4.69, 9.17) is 9.84 Å². The number of carboxylic acid groups (broad SMARTS) is 1. The van der Waals surface area contributed by atoms with Gasteiger partial charge in [0.25, 0.3) is 0 Å². The molecule has 3 rings (SSSR count). The molecule has 118 valence electrons. The third-order valence-corrected chi connectivity index (χ3v) is 4.78. The minimum Gasteiger partial charge on any atom is -0.492 e. The minimum atomic E-state index is -0.848. The summed E-state index contributed by atoms with van der Waals surface area (Å²) in [4.78, 5) is 25.6. The maximum atomic E-state index is 12.9. The van der Waals surface area contributed by atoms with Crippen molar-refractivity contribution in [1.82, 2.24) is 4.90 Å². The molecule has 2 aliphatic heterocycles. The van der Waals surface area contributed by atoms with Crippen LogP contribution in [-0.4, -0.2) is 41.1 Å². The summed E-state index contributed by atoms with van der Waals surface area (Å²) in [5.74, 6) is -0.357. The van der Waals surface area contributed by atoms with Gasteiger partial charge in [-0.3, -0.25) is 9.59 Å². The van der Waals surface area contributed by atoms with E-state index in [2.05, 4.69) is 0 Å². The Morgan fingerprint density at radius 3 is 2.77 bits per heavy atom. The number of fused-ring (bicyclic) bond motifs is 1. The molecule has 1 aromatic rings. The number of rotatable bonds is 3. The number of hydrogen-bond acceptors (Lipinski definition) is 3. The molecule has 5 nitrogen and oxygen atoms in total. The number of nitrogens with zero attached hydrogens (tertiary/aromatic N) is 1. The van der Waals surface area contributed by atoms with Crippen LogP contribution in [-0.2, 0) is 9.59 Å². The van der Waals surface area contributed by atoms with Gasteiger partial charge in [0, 0.05) is 18.2 Å². The largest absolute Gasteiger partial charge is 0.492 e. The highest BCUT2D eigenvalue weighted by molar-refractivity contribution is 5.86. The average Bonchev–Trinajstić information content (AvgIpc) is 3.05. The SMILES string of the molecule is Cc1cc2c(cc1C)C(C(=O)N1CCCC1CC(=O)O)CO2. The fourth-order valence-electron chi connectivity index (χ4n) is 3.42. The van der Waals surface area contributed by atoms with Crippen LogP contribution >= 0.6 is 0 Å². The topological polar surface area (TPSA) is 66.8 Å².